The van der Waals surface area contributed by atoms with Gasteiger partial charge in [-0.15, -0.1) is 0 Å². The van der Waals surface area contributed by atoms with E-state index in [-0.39, 0.29) is 12.2 Å². The van der Waals surface area contributed by atoms with E-state index in [1.165, 1.54) is 12.8 Å². The molecule has 0 fully saturated rings. The number of carbonyl (C=O) groups excluding carboxylic acids is 1. The first kappa shape index (κ1) is 14.1. The Bertz CT molecular complexity index is 249. The third-order valence-electron chi connectivity index (χ3n) is 2.96. The Balaban J connectivity index is 2.21. The van der Waals surface area contributed by atoms with Gasteiger partial charge in [-0.25, -0.2) is 4.79 Å². The van der Waals surface area contributed by atoms with Crippen molar-refractivity contribution in [2.75, 3.05) is 6.54 Å². The van der Waals surface area contributed by atoms with Gasteiger partial charge in [0.1, 0.15) is 6.10 Å². The molecule has 3 nitrogen and oxygen atoms in total. The molecule has 17 heavy (non-hydrogen) atoms. The zero-order valence-electron chi connectivity index (χ0n) is 11.1. The standard InChI is InChI=1S/C14H25NO2/c1-12(2)10-11-15-14(16)17-13-8-6-4-3-5-7-9-13/h6,8,12-13H,3-5,7,9-11H2,1-2H3,(H,15,16)/b8-6+. The summed E-state index contributed by atoms with van der Waals surface area (Å²) >= 11 is 0. The van der Waals surface area contributed by atoms with Crippen molar-refractivity contribution in [3.05, 3.63) is 12.2 Å². The second kappa shape index (κ2) is 8.15. The summed E-state index contributed by atoms with van der Waals surface area (Å²) in [6.45, 7) is 4.99. The van der Waals surface area contributed by atoms with E-state index in [0.717, 1.165) is 25.7 Å². The maximum atomic E-state index is 11.5. The predicted octanol–water partition coefficient (Wildman–Crippen LogP) is 3.65. The van der Waals surface area contributed by atoms with Gasteiger partial charge in [-0.2, -0.15) is 0 Å². The maximum Gasteiger partial charge on any atom is 0.407 e. The molecule has 0 aromatic heterocycles. The van der Waals surface area contributed by atoms with Crippen LogP contribution in [0.2, 0.25) is 0 Å². The highest BCUT2D eigenvalue weighted by atomic mass is 16.6. The molecule has 0 saturated heterocycles. The van der Waals surface area contributed by atoms with Crippen LogP contribution in [0.4, 0.5) is 4.79 Å². The fourth-order valence-corrected chi connectivity index (χ4v) is 1.87. The summed E-state index contributed by atoms with van der Waals surface area (Å²) in [6.07, 6.45) is 10.5. The Labute approximate surface area is 105 Å². The van der Waals surface area contributed by atoms with Crippen LogP contribution < -0.4 is 5.32 Å². The number of hydrogen-bond donors (Lipinski definition) is 1. The molecule has 0 bridgehead atoms. The molecular weight excluding hydrogens is 214 g/mol. The van der Waals surface area contributed by atoms with Crippen molar-refractivity contribution in [2.24, 2.45) is 5.92 Å². The Morgan fingerprint density at radius 1 is 1.41 bits per heavy atom. The van der Waals surface area contributed by atoms with Crippen molar-refractivity contribution in [1.29, 1.82) is 0 Å². The molecule has 0 heterocycles. The van der Waals surface area contributed by atoms with Crippen molar-refractivity contribution in [1.82, 2.24) is 5.32 Å². The number of rotatable bonds is 4. The summed E-state index contributed by atoms with van der Waals surface area (Å²) in [7, 11) is 0. The van der Waals surface area contributed by atoms with Crippen molar-refractivity contribution in [3.8, 4) is 0 Å². The Morgan fingerprint density at radius 2 is 2.24 bits per heavy atom. The molecule has 0 aromatic carbocycles. The Hall–Kier alpha value is -0.990. The quantitative estimate of drug-likeness (QED) is 0.760. The first-order chi connectivity index (χ1) is 8.18. The number of carbonyl (C=O) groups is 1. The molecule has 98 valence electrons. The number of allylic oxidation sites excluding steroid dienone is 1. The van der Waals surface area contributed by atoms with Gasteiger partial charge in [-0.3, -0.25) is 0 Å². The van der Waals surface area contributed by atoms with Crippen molar-refractivity contribution in [3.63, 3.8) is 0 Å². The third-order valence-corrected chi connectivity index (χ3v) is 2.96. The molecule has 1 N–H and O–H groups in total. The van der Waals surface area contributed by atoms with E-state index in [1.807, 2.05) is 6.08 Å². The first-order valence-electron chi connectivity index (χ1n) is 6.79. The van der Waals surface area contributed by atoms with Gasteiger partial charge in [0.25, 0.3) is 0 Å². The van der Waals surface area contributed by atoms with Crippen LogP contribution in [0.5, 0.6) is 0 Å². The minimum Gasteiger partial charge on any atom is -0.442 e. The van der Waals surface area contributed by atoms with Crippen LogP contribution in [0.1, 0.15) is 52.4 Å². The van der Waals surface area contributed by atoms with Crippen molar-refractivity contribution in [2.45, 2.75) is 58.5 Å². The molecule has 1 rings (SSSR count). The zero-order valence-corrected chi connectivity index (χ0v) is 11.1. The molecule has 1 atom stereocenters. The number of hydrogen-bond acceptors (Lipinski definition) is 2. The van der Waals surface area contributed by atoms with E-state index in [4.69, 9.17) is 4.74 Å². The van der Waals surface area contributed by atoms with Crippen LogP contribution in [0, 0.1) is 5.92 Å². The summed E-state index contributed by atoms with van der Waals surface area (Å²) in [5.74, 6) is 0.608. The summed E-state index contributed by atoms with van der Waals surface area (Å²) < 4.78 is 5.37. The number of alkyl carbamates (subject to hydrolysis) is 1. The van der Waals surface area contributed by atoms with Gasteiger partial charge in [0.2, 0.25) is 0 Å². The number of nitrogens with one attached hydrogen (secondary N) is 1. The lowest BCUT2D eigenvalue weighted by Crippen LogP contribution is -2.29. The number of amides is 1. The van der Waals surface area contributed by atoms with E-state index in [0.29, 0.717) is 12.5 Å². The maximum absolute atomic E-state index is 11.5. The van der Waals surface area contributed by atoms with Crippen LogP contribution >= 0.6 is 0 Å². The highest BCUT2D eigenvalue weighted by Gasteiger charge is 2.12. The lowest BCUT2D eigenvalue weighted by molar-refractivity contribution is 0.113. The van der Waals surface area contributed by atoms with Crippen molar-refractivity contribution >= 4 is 6.09 Å². The fraction of sp³-hybridized carbons (Fsp3) is 0.786. The summed E-state index contributed by atoms with van der Waals surface area (Å²) in [5, 5.41) is 2.80. The minimum absolute atomic E-state index is 0.0330. The van der Waals surface area contributed by atoms with Gasteiger partial charge in [0.05, 0.1) is 0 Å². The molecule has 0 radical (unpaired) electrons. The molecule has 1 amide bonds. The van der Waals surface area contributed by atoms with Gasteiger partial charge >= 0.3 is 6.09 Å². The lowest BCUT2D eigenvalue weighted by atomic mass is 10.0. The predicted molar refractivity (Wildman–Crippen MR) is 70.0 cm³/mol. The van der Waals surface area contributed by atoms with Gasteiger partial charge in [-0.1, -0.05) is 26.3 Å². The lowest BCUT2D eigenvalue weighted by Gasteiger charge is -2.16. The molecule has 0 aliphatic heterocycles. The number of ether oxygens (including phenoxy) is 1. The normalized spacial score (nSPS) is 22.6. The largest absolute Gasteiger partial charge is 0.442 e. The van der Waals surface area contributed by atoms with E-state index < -0.39 is 0 Å². The van der Waals surface area contributed by atoms with Crippen molar-refractivity contribution < 1.29 is 9.53 Å². The van der Waals surface area contributed by atoms with Crippen LogP contribution in [-0.2, 0) is 4.74 Å². The highest BCUT2D eigenvalue weighted by Crippen LogP contribution is 2.14. The van der Waals surface area contributed by atoms with Gasteiger partial charge in [0.15, 0.2) is 0 Å². The highest BCUT2D eigenvalue weighted by molar-refractivity contribution is 5.67. The molecule has 0 aromatic rings. The summed E-state index contributed by atoms with van der Waals surface area (Å²) in [5.41, 5.74) is 0. The van der Waals surface area contributed by atoms with E-state index in [9.17, 15) is 4.79 Å². The molecule has 1 aliphatic carbocycles. The second-order valence-electron chi connectivity index (χ2n) is 5.12. The van der Waals surface area contributed by atoms with Crippen LogP contribution in [0.25, 0.3) is 0 Å². The van der Waals surface area contributed by atoms with Gasteiger partial charge in [0, 0.05) is 6.54 Å². The monoisotopic (exact) mass is 239 g/mol. The Kier molecular flexibility index (Phi) is 6.75. The third kappa shape index (κ3) is 7.03. The second-order valence-corrected chi connectivity index (χ2v) is 5.12. The van der Waals surface area contributed by atoms with Gasteiger partial charge < -0.3 is 10.1 Å². The minimum atomic E-state index is -0.277. The van der Waals surface area contributed by atoms with E-state index in [2.05, 4.69) is 25.2 Å². The topological polar surface area (TPSA) is 38.3 Å². The molecule has 1 aliphatic rings. The van der Waals surface area contributed by atoms with Crippen LogP contribution in [-0.4, -0.2) is 18.7 Å². The fourth-order valence-electron chi connectivity index (χ4n) is 1.87. The average molecular weight is 239 g/mol. The summed E-state index contributed by atoms with van der Waals surface area (Å²) in [4.78, 5) is 11.5. The molecule has 1 unspecified atom stereocenters. The Morgan fingerprint density at radius 3 is 3.00 bits per heavy atom. The SMILES string of the molecule is CC(C)CCNC(=O)OC1/C=C/CCCCC1. The van der Waals surface area contributed by atoms with E-state index in [1.54, 1.807) is 0 Å². The van der Waals surface area contributed by atoms with Crippen LogP contribution in [0.3, 0.4) is 0 Å². The first-order valence-corrected chi connectivity index (χ1v) is 6.79. The molecule has 0 spiro atoms. The average Bonchev–Trinajstić information content (AvgIpc) is 2.21. The smallest absolute Gasteiger partial charge is 0.407 e. The van der Waals surface area contributed by atoms with Gasteiger partial charge in [-0.05, 0) is 44.1 Å². The summed E-state index contributed by atoms with van der Waals surface area (Å²) in [6, 6.07) is 0. The van der Waals surface area contributed by atoms with Crippen LogP contribution in [0.15, 0.2) is 12.2 Å². The zero-order chi connectivity index (χ0) is 12.5. The van der Waals surface area contributed by atoms with E-state index >= 15 is 0 Å². The molecule has 0 saturated carbocycles. The molecule has 3 heteroatoms. The molecular formula is C14H25NO2.